The normalized spacial score (nSPS) is 18.2. The first kappa shape index (κ1) is 13.5. The molecule has 0 aromatic heterocycles. The van der Waals surface area contributed by atoms with Gasteiger partial charge < -0.3 is 16.0 Å². The Morgan fingerprint density at radius 1 is 1.47 bits per heavy atom. The average Bonchev–Trinajstić information content (AvgIpc) is 2.83. The summed E-state index contributed by atoms with van der Waals surface area (Å²) in [5, 5.41) is 8.74. The molecule has 0 spiro atoms. The van der Waals surface area contributed by atoms with Crippen LogP contribution < -0.4 is 16.0 Å². The van der Waals surface area contributed by atoms with Crippen LogP contribution in [0.3, 0.4) is 0 Å². The monoisotopic (exact) mass is 261 g/mol. The molecule has 19 heavy (non-hydrogen) atoms. The smallest absolute Gasteiger partial charge is 0.246 e. The van der Waals surface area contributed by atoms with Crippen LogP contribution in [0, 0.1) is 0 Å². The quantitative estimate of drug-likeness (QED) is 0.741. The Morgan fingerprint density at radius 3 is 3.00 bits per heavy atom. The van der Waals surface area contributed by atoms with Crippen LogP contribution in [0.5, 0.6) is 0 Å². The van der Waals surface area contributed by atoms with Gasteiger partial charge >= 0.3 is 0 Å². The van der Waals surface area contributed by atoms with E-state index in [-0.39, 0.29) is 11.8 Å². The van der Waals surface area contributed by atoms with Crippen molar-refractivity contribution in [1.29, 1.82) is 0 Å². The molecular weight excluding hydrogens is 242 g/mol. The molecule has 1 fully saturated rings. The third-order valence-electron chi connectivity index (χ3n) is 3.09. The number of rotatable bonds is 5. The average molecular weight is 261 g/mol. The van der Waals surface area contributed by atoms with Crippen LogP contribution in [-0.2, 0) is 16.1 Å². The highest BCUT2D eigenvalue weighted by Gasteiger charge is 2.26. The lowest BCUT2D eigenvalue weighted by Gasteiger charge is -2.12. The third kappa shape index (κ3) is 3.79. The van der Waals surface area contributed by atoms with Gasteiger partial charge in [0.1, 0.15) is 6.04 Å². The zero-order valence-electron chi connectivity index (χ0n) is 11.0. The molecule has 2 rings (SSSR count). The maximum atomic E-state index is 11.9. The summed E-state index contributed by atoms with van der Waals surface area (Å²) < 4.78 is 0. The van der Waals surface area contributed by atoms with E-state index in [0.717, 1.165) is 24.3 Å². The number of nitrogens with one attached hydrogen (secondary N) is 3. The molecule has 1 aliphatic rings. The number of hydrogen-bond donors (Lipinski definition) is 3. The fraction of sp³-hybridized carbons (Fsp3) is 0.429. The zero-order valence-corrected chi connectivity index (χ0v) is 11.0. The lowest BCUT2D eigenvalue weighted by atomic mass is 10.1. The van der Waals surface area contributed by atoms with Gasteiger partial charge in [-0.2, -0.15) is 0 Å². The third-order valence-corrected chi connectivity index (χ3v) is 3.09. The maximum Gasteiger partial charge on any atom is 0.246 e. The highest BCUT2D eigenvalue weighted by molar-refractivity contribution is 5.98. The van der Waals surface area contributed by atoms with Gasteiger partial charge in [0.05, 0.1) is 0 Å². The van der Waals surface area contributed by atoms with E-state index in [1.54, 1.807) is 0 Å². The second-order valence-corrected chi connectivity index (χ2v) is 4.63. The predicted octanol–water partition coefficient (Wildman–Crippen LogP) is 1.01. The molecule has 0 bridgehead atoms. The Hall–Kier alpha value is -1.88. The summed E-state index contributed by atoms with van der Waals surface area (Å²) in [5.41, 5.74) is 1.89. The van der Waals surface area contributed by atoms with E-state index in [4.69, 9.17) is 0 Å². The Bertz CT molecular complexity index is 474. The minimum absolute atomic E-state index is 0.0546. The predicted molar refractivity (Wildman–Crippen MR) is 73.6 cm³/mol. The van der Waals surface area contributed by atoms with Gasteiger partial charge in [-0.25, -0.2) is 0 Å². The van der Waals surface area contributed by atoms with Crippen molar-refractivity contribution in [2.24, 2.45) is 0 Å². The highest BCUT2D eigenvalue weighted by atomic mass is 16.2. The molecule has 1 aliphatic heterocycles. The van der Waals surface area contributed by atoms with Crippen molar-refractivity contribution in [3.05, 3.63) is 29.8 Å². The van der Waals surface area contributed by atoms with Crippen LogP contribution in [-0.4, -0.2) is 24.4 Å². The highest BCUT2D eigenvalue weighted by Crippen LogP contribution is 2.13. The van der Waals surface area contributed by atoms with E-state index < -0.39 is 6.04 Å². The molecule has 102 valence electrons. The molecule has 0 unspecified atom stereocenters. The van der Waals surface area contributed by atoms with Crippen LogP contribution in [0.1, 0.15) is 25.3 Å². The second kappa shape index (κ2) is 6.33. The number of amides is 2. The van der Waals surface area contributed by atoms with Crippen molar-refractivity contribution in [1.82, 2.24) is 10.6 Å². The minimum Gasteiger partial charge on any atom is -0.344 e. The van der Waals surface area contributed by atoms with E-state index in [9.17, 15) is 9.59 Å². The largest absolute Gasteiger partial charge is 0.344 e. The Labute approximate surface area is 112 Å². The van der Waals surface area contributed by atoms with Crippen molar-refractivity contribution in [3.8, 4) is 0 Å². The van der Waals surface area contributed by atoms with Crippen LogP contribution in [0.4, 0.5) is 5.69 Å². The zero-order chi connectivity index (χ0) is 13.7. The van der Waals surface area contributed by atoms with Crippen LogP contribution in [0.15, 0.2) is 24.3 Å². The number of benzene rings is 1. The molecule has 5 nitrogen and oxygen atoms in total. The van der Waals surface area contributed by atoms with Crippen molar-refractivity contribution in [2.75, 3.05) is 11.9 Å². The number of carbonyl (C=O) groups is 2. The second-order valence-electron chi connectivity index (χ2n) is 4.63. The summed E-state index contributed by atoms with van der Waals surface area (Å²) in [4.78, 5) is 23.0. The standard InChI is InChI=1S/C14H19N3O2/c1-2-15-9-10-4-3-5-11(8-10)16-14(19)12-6-7-13(18)17-12/h3-5,8,12,15H,2,6-7,9H2,1H3,(H,16,19)(H,17,18)/t12-/m0/s1. The lowest BCUT2D eigenvalue weighted by Crippen LogP contribution is -2.37. The first-order valence-electron chi connectivity index (χ1n) is 6.59. The molecule has 5 heteroatoms. The van der Waals surface area contributed by atoms with Gasteiger partial charge in [0.15, 0.2) is 0 Å². The fourth-order valence-corrected chi connectivity index (χ4v) is 2.07. The molecule has 0 radical (unpaired) electrons. The SMILES string of the molecule is CCNCc1cccc(NC(=O)[C@@H]2CCC(=O)N2)c1. The molecule has 1 heterocycles. The molecular formula is C14H19N3O2. The van der Waals surface area contributed by atoms with Gasteiger partial charge in [0, 0.05) is 18.7 Å². The van der Waals surface area contributed by atoms with E-state index in [2.05, 4.69) is 22.9 Å². The fourth-order valence-electron chi connectivity index (χ4n) is 2.07. The summed E-state index contributed by atoms with van der Waals surface area (Å²) in [6.45, 7) is 3.74. The van der Waals surface area contributed by atoms with Gasteiger partial charge in [-0.3, -0.25) is 9.59 Å². The van der Waals surface area contributed by atoms with Crippen LogP contribution in [0.2, 0.25) is 0 Å². The summed E-state index contributed by atoms with van der Waals surface area (Å²) in [6, 6.07) is 7.32. The summed E-state index contributed by atoms with van der Waals surface area (Å²) >= 11 is 0. The number of hydrogen-bond acceptors (Lipinski definition) is 3. The molecule has 1 aromatic carbocycles. The minimum atomic E-state index is -0.398. The van der Waals surface area contributed by atoms with Gasteiger partial charge in [-0.05, 0) is 30.7 Å². The topological polar surface area (TPSA) is 70.2 Å². The molecule has 1 saturated heterocycles. The lowest BCUT2D eigenvalue weighted by molar-refractivity contribution is -0.122. The van der Waals surface area contributed by atoms with Crippen LogP contribution >= 0.6 is 0 Å². The Kier molecular flexibility index (Phi) is 4.52. The molecule has 3 N–H and O–H groups in total. The molecule has 0 saturated carbocycles. The first-order valence-corrected chi connectivity index (χ1v) is 6.59. The summed E-state index contributed by atoms with van der Waals surface area (Å²) in [5.74, 6) is -0.201. The van der Waals surface area contributed by atoms with Gasteiger partial charge in [-0.15, -0.1) is 0 Å². The maximum absolute atomic E-state index is 11.9. The molecule has 0 aliphatic carbocycles. The summed E-state index contributed by atoms with van der Waals surface area (Å²) in [7, 11) is 0. The van der Waals surface area contributed by atoms with E-state index in [1.807, 2.05) is 24.3 Å². The Morgan fingerprint density at radius 2 is 2.32 bits per heavy atom. The van der Waals surface area contributed by atoms with E-state index in [0.29, 0.717) is 12.8 Å². The van der Waals surface area contributed by atoms with E-state index >= 15 is 0 Å². The van der Waals surface area contributed by atoms with Gasteiger partial charge in [0.2, 0.25) is 11.8 Å². The van der Waals surface area contributed by atoms with Crippen molar-refractivity contribution < 1.29 is 9.59 Å². The first-order chi connectivity index (χ1) is 9.19. The van der Waals surface area contributed by atoms with Gasteiger partial charge in [0.25, 0.3) is 0 Å². The molecule has 2 amide bonds. The summed E-state index contributed by atoms with van der Waals surface area (Å²) in [6.07, 6.45) is 1.00. The van der Waals surface area contributed by atoms with Crippen molar-refractivity contribution in [3.63, 3.8) is 0 Å². The van der Waals surface area contributed by atoms with Crippen molar-refractivity contribution in [2.45, 2.75) is 32.4 Å². The molecule has 1 aromatic rings. The number of anilines is 1. The van der Waals surface area contributed by atoms with E-state index in [1.165, 1.54) is 0 Å². The molecule has 1 atom stereocenters. The number of carbonyl (C=O) groups excluding carboxylic acids is 2. The van der Waals surface area contributed by atoms with Gasteiger partial charge in [-0.1, -0.05) is 19.1 Å². The van der Waals surface area contributed by atoms with Crippen molar-refractivity contribution >= 4 is 17.5 Å². The Balaban J connectivity index is 1.94. The van der Waals surface area contributed by atoms with Crippen LogP contribution in [0.25, 0.3) is 0 Å².